The molecule has 2 aliphatic carbocycles. The summed E-state index contributed by atoms with van der Waals surface area (Å²) in [6.45, 7) is 0.346. The fourth-order valence-electron chi connectivity index (χ4n) is 4.46. The van der Waals surface area contributed by atoms with Crippen molar-refractivity contribution in [2.75, 3.05) is 0 Å². The second kappa shape index (κ2) is 5.21. The molecule has 5 heteroatoms. The van der Waals surface area contributed by atoms with E-state index in [1.54, 1.807) is 0 Å². The highest BCUT2D eigenvalue weighted by Crippen LogP contribution is 2.47. The summed E-state index contributed by atoms with van der Waals surface area (Å²) in [6, 6.07) is 2.46. The van der Waals surface area contributed by atoms with Gasteiger partial charge in [-0.05, 0) is 31.7 Å². The Morgan fingerprint density at radius 2 is 1.86 bits per heavy atom. The van der Waals surface area contributed by atoms with E-state index in [2.05, 4.69) is 5.10 Å². The molecule has 118 valence electrons. The van der Waals surface area contributed by atoms with Gasteiger partial charge in [-0.25, -0.2) is 0 Å². The molecule has 0 atom stereocenters. The SMILES string of the molecule is O=C1CC2(CCCC2)C(=O)N1Cc1ccn(C2CCCC2)n1. The molecule has 0 radical (unpaired) electrons. The summed E-state index contributed by atoms with van der Waals surface area (Å²) >= 11 is 0. The molecule has 2 saturated carbocycles. The van der Waals surface area contributed by atoms with Crippen LogP contribution >= 0.6 is 0 Å². The van der Waals surface area contributed by atoms with Crippen LogP contribution in [0.15, 0.2) is 12.3 Å². The van der Waals surface area contributed by atoms with Crippen LogP contribution in [0.3, 0.4) is 0 Å². The van der Waals surface area contributed by atoms with E-state index in [0.717, 1.165) is 31.4 Å². The molecular weight excluding hydrogens is 278 g/mol. The molecule has 0 N–H and O–H groups in total. The third-order valence-electron chi connectivity index (χ3n) is 5.73. The molecule has 0 unspecified atom stereocenters. The molecule has 1 spiro atoms. The van der Waals surface area contributed by atoms with Crippen molar-refractivity contribution in [3.8, 4) is 0 Å². The zero-order chi connectivity index (χ0) is 15.2. The van der Waals surface area contributed by atoms with Gasteiger partial charge in [0.1, 0.15) is 0 Å². The molecule has 2 amide bonds. The number of carbonyl (C=O) groups excluding carboxylic acids is 2. The molecule has 3 aliphatic rings. The van der Waals surface area contributed by atoms with Gasteiger partial charge in [-0.3, -0.25) is 19.2 Å². The van der Waals surface area contributed by atoms with Gasteiger partial charge in [-0.2, -0.15) is 5.10 Å². The molecule has 4 rings (SSSR count). The fourth-order valence-corrected chi connectivity index (χ4v) is 4.46. The highest BCUT2D eigenvalue weighted by molar-refractivity contribution is 6.05. The minimum absolute atomic E-state index is 0.0117. The first-order valence-corrected chi connectivity index (χ1v) is 8.57. The van der Waals surface area contributed by atoms with E-state index in [1.165, 1.54) is 30.6 Å². The second-order valence-electron chi connectivity index (χ2n) is 7.17. The van der Waals surface area contributed by atoms with Crippen LogP contribution in [0.4, 0.5) is 0 Å². The van der Waals surface area contributed by atoms with Gasteiger partial charge in [-0.1, -0.05) is 25.7 Å². The second-order valence-corrected chi connectivity index (χ2v) is 7.17. The smallest absolute Gasteiger partial charge is 0.236 e. The Hall–Kier alpha value is -1.65. The Balaban J connectivity index is 1.49. The number of hydrogen-bond acceptors (Lipinski definition) is 3. The standard InChI is InChI=1S/C17H23N3O2/c21-15-11-17(8-3-4-9-17)16(22)19(15)12-13-7-10-20(18-13)14-5-1-2-6-14/h7,10,14H,1-6,8-9,11-12H2. The van der Waals surface area contributed by atoms with Crippen molar-refractivity contribution in [2.24, 2.45) is 5.41 Å². The van der Waals surface area contributed by atoms with Crippen molar-refractivity contribution in [2.45, 2.75) is 70.4 Å². The van der Waals surface area contributed by atoms with Crippen LogP contribution < -0.4 is 0 Å². The summed E-state index contributed by atoms with van der Waals surface area (Å²) in [6.07, 6.45) is 11.2. The molecule has 0 bridgehead atoms. The summed E-state index contributed by atoms with van der Waals surface area (Å²) in [5.74, 6) is 0.0349. The lowest BCUT2D eigenvalue weighted by Crippen LogP contribution is -2.34. The Kier molecular flexibility index (Phi) is 3.31. The molecular formula is C17H23N3O2. The molecule has 1 aromatic rings. The van der Waals surface area contributed by atoms with Gasteiger partial charge in [0.15, 0.2) is 0 Å². The molecule has 22 heavy (non-hydrogen) atoms. The summed E-state index contributed by atoms with van der Waals surface area (Å²) in [7, 11) is 0. The van der Waals surface area contributed by atoms with Crippen molar-refractivity contribution in [1.29, 1.82) is 0 Å². The molecule has 1 aromatic heterocycles. The van der Waals surface area contributed by atoms with E-state index >= 15 is 0 Å². The zero-order valence-corrected chi connectivity index (χ0v) is 13.0. The maximum Gasteiger partial charge on any atom is 0.236 e. The largest absolute Gasteiger partial charge is 0.276 e. The predicted octanol–water partition coefficient (Wildman–Crippen LogP) is 2.82. The van der Waals surface area contributed by atoms with Crippen LogP contribution in [-0.2, 0) is 16.1 Å². The van der Waals surface area contributed by atoms with E-state index in [-0.39, 0.29) is 17.2 Å². The predicted molar refractivity (Wildman–Crippen MR) is 80.8 cm³/mol. The Morgan fingerprint density at radius 1 is 1.14 bits per heavy atom. The molecule has 1 saturated heterocycles. The van der Waals surface area contributed by atoms with Gasteiger partial charge in [-0.15, -0.1) is 0 Å². The van der Waals surface area contributed by atoms with Crippen LogP contribution in [0, 0.1) is 5.41 Å². The maximum atomic E-state index is 12.7. The van der Waals surface area contributed by atoms with E-state index in [4.69, 9.17) is 0 Å². The normalized spacial score (nSPS) is 25.0. The third-order valence-corrected chi connectivity index (χ3v) is 5.73. The average molecular weight is 301 g/mol. The molecule has 1 aliphatic heterocycles. The highest BCUT2D eigenvalue weighted by atomic mass is 16.2. The number of hydrogen-bond donors (Lipinski definition) is 0. The first kappa shape index (κ1) is 14.0. The van der Waals surface area contributed by atoms with Crippen molar-refractivity contribution in [1.82, 2.24) is 14.7 Å². The summed E-state index contributed by atoms with van der Waals surface area (Å²) in [5, 5.41) is 4.61. The Bertz CT molecular complexity index is 595. The van der Waals surface area contributed by atoms with Crippen molar-refractivity contribution in [3.05, 3.63) is 18.0 Å². The number of rotatable bonds is 3. The van der Waals surface area contributed by atoms with Gasteiger partial charge in [0.25, 0.3) is 0 Å². The molecule has 3 fully saturated rings. The third kappa shape index (κ3) is 2.18. The number of amides is 2. The monoisotopic (exact) mass is 301 g/mol. The summed E-state index contributed by atoms with van der Waals surface area (Å²) in [4.78, 5) is 26.4. The van der Waals surface area contributed by atoms with E-state index < -0.39 is 0 Å². The quantitative estimate of drug-likeness (QED) is 0.807. The van der Waals surface area contributed by atoms with E-state index in [0.29, 0.717) is 19.0 Å². The lowest BCUT2D eigenvalue weighted by Gasteiger charge is -2.20. The minimum Gasteiger partial charge on any atom is -0.276 e. The van der Waals surface area contributed by atoms with Crippen molar-refractivity contribution in [3.63, 3.8) is 0 Å². The van der Waals surface area contributed by atoms with Crippen LogP contribution in [0.2, 0.25) is 0 Å². The van der Waals surface area contributed by atoms with Crippen LogP contribution in [0.5, 0.6) is 0 Å². The van der Waals surface area contributed by atoms with Gasteiger partial charge in [0.2, 0.25) is 11.8 Å². The van der Waals surface area contributed by atoms with Crippen LogP contribution in [0.25, 0.3) is 0 Å². The van der Waals surface area contributed by atoms with Crippen molar-refractivity contribution < 1.29 is 9.59 Å². The minimum atomic E-state index is -0.370. The first-order chi connectivity index (χ1) is 10.7. The number of aromatic nitrogens is 2. The van der Waals surface area contributed by atoms with Crippen molar-refractivity contribution >= 4 is 11.8 Å². The van der Waals surface area contributed by atoms with E-state index in [1.807, 2.05) is 16.9 Å². The number of nitrogens with zero attached hydrogens (tertiary/aromatic N) is 3. The summed E-state index contributed by atoms with van der Waals surface area (Å²) in [5.41, 5.74) is 0.467. The zero-order valence-electron chi connectivity index (χ0n) is 13.0. The number of likely N-dealkylation sites (tertiary alicyclic amines) is 1. The van der Waals surface area contributed by atoms with E-state index in [9.17, 15) is 9.59 Å². The average Bonchev–Trinajstić information content (AvgIpc) is 3.25. The molecule has 5 nitrogen and oxygen atoms in total. The van der Waals surface area contributed by atoms with Gasteiger partial charge in [0.05, 0.1) is 23.7 Å². The fraction of sp³-hybridized carbons (Fsp3) is 0.706. The maximum absolute atomic E-state index is 12.7. The first-order valence-electron chi connectivity index (χ1n) is 8.57. The Morgan fingerprint density at radius 3 is 2.59 bits per heavy atom. The number of carbonyl (C=O) groups is 2. The lowest BCUT2D eigenvalue weighted by molar-refractivity contribution is -0.142. The molecule has 2 heterocycles. The van der Waals surface area contributed by atoms with Crippen LogP contribution in [-0.4, -0.2) is 26.5 Å². The Labute approximate surface area is 130 Å². The highest BCUT2D eigenvalue weighted by Gasteiger charge is 2.52. The van der Waals surface area contributed by atoms with Gasteiger partial charge >= 0.3 is 0 Å². The van der Waals surface area contributed by atoms with Crippen LogP contribution in [0.1, 0.15) is 69.5 Å². The number of imide groups is 1. The molecule has 0 aromatic carbocycles. The lowest BCUT2D eigenvalue weighted by atomic mass is 9.84. The topological polar surface area (TPSA) is 55.2 Å². The van der Waals surface area contributed by atoms with Gasteiger partial charge in [0, 0.05) is 12.6 Å². The van der Waals surface area contributed by atoms with Gasteiger partial charge < -0.3 is 0 Å². The summed E-state index contributed by atoms with van der Waals surface area (Å²) < 4.78 is 2.03.